The molecule has 1 aliphatic rings. The summed E-state index contributed by atoms with van der Waals surface area (Å²) in [7, 11) is 0. The van der Waals surface area contributed by atoms with Crippen molar-refractivity contribution in [2.75, 3.05) is 13.2 Å². The van der Waals surface area contributed by atoms with Crippen molar-refractivity contribution in [1.29, 1.82) is 0 Å². The molecule has 4 heteroatoms. The summed E-state index contributed by atoms with van der Waals surface area (Å²) in [6.07, 6.45) is 2.87. The van der Waals surface area contributed by atoms with Crippen LogP contribution in [0.15, 0.2) is 24.3 Å². The topological polar surface area (TPSA) is 29.5 Å². The van der Waals surface area contributed by atoms with Gasteiger partial charge in [0.25, 0.3) is 0 Å². The molecule has 1 aliphatic heterocycles. The molecule has 20 heavy (non-hydrogen) atoms. The van der Waals surface area contributed by atoms with Crippen LogP contribution in [0.5, 0.6) is 5.75 Å². The third-order valence-corrected chi connectivity index (χ3v) is 4.21. The fourth-order valence-electron chi connectivity index (χ4n) is 2.48. The Morgan fingerprint density at radius 3 is 2.75 bits per heavy atom. The zero-order valence-corrected chi connectivity index (χ0v) is 13.7. The molecule has 0 saturated heterocycles. The molecule has 108 valence electrons. The lowest BCUT2D eigenvalue weighted by Gasteiger charge is -2.31. The van der Waals surface area contributed by atoms with E-state index < -0.39 is 0 Å². The monoisotopic (exact) mass is 337 g/mol. The maximum atomic E-state index is 12.2. The van der Waals surface area contributed by atoms with Crippen LogP contribution in [0, 0.1) is 6.92 Å². The van der Waals surface area contributed by atoms with Gasteiger partial charge in [-0.25, -0.2) is 0 Å². The number of alkyl halides is 1. The largest absolute Gasteiger partial charge is 0.494 e. The lowest BCUT2D eigenvalue weighted by atomic mass is 10.00. The Labute approximate surface area is 128 Å². The predicted octanol–water partition coefficient (Wildman–Crippen LogP) is 3.75. The van der Waals surface area contributed by atoms with Gasteiger partial charge in [0, 0.05) is 17.8 Å². The first-order valence-corrected chi connectivity index (χ1v) is 7.89. The van der Waals surface area contributed by atoms with Crippen molar-refractivity contribution in [3.8, 4) is 5.75 Å². The van der Waals surface area contributed by atoms with E-state index in [1.807, 2.05) is 36.9 Å². The van der Waals surface area contributed by atoms with Crippen molar-refractivity contribution in [2.45, 2.75) is 32.0 Å². The van der Waals surface area contributed by atoms with Crippen molar-refractivity contribution >= 4 is 27.5 Å². The number of allylic oxidation sites excluding steroid dienone is 1. The van der Waals surface area contributed by atoms with Crippen molar-refractivity contribution in [2.24, 2.45) is 0 Å². The molecule has 0 bridgehead atoms. The quantitative estimate of drug-likeness (QED) is 0.783. The van der Waals surface area contributed by atoms with Crippen molar-refractivity contribution in [1.82, 2.24) is 4.90 Å². The molecular formula is C16H20BrNO2. The van der Waals surface area contributed by atoms with Crippen LogP contribution in [-0.2, 0) is 4.79 Å². The van der Waals surface area contributed by atoms with E-state index in [-0.39, 0.29) is 10.7 Å². The molecule has 1 unspecified atom stereocenters. The third kappa shape index (κ3) is 2.90. The summed E-state index contributed by atoms with van der Waals surface area (Å²) in [5, 5.41) is 0. The summed E-state index contributed by atoms with van der Waals surface area (Å²) in [5.74, 6) is 1.01. The number of halogens is 1. The molecule has 0 fully saturated rings. The van der Waals surface area contributed by atoms with Crippen molar-refractivity contribution < 1.29 is 9.53 Å². The molecule has 0 N–H and O–H groups in total. The fourth-order valence-corrected chi connectivity index (χ4v) is 2.91. The van der Waals surface area contributed by atoms with Gasteiger partial charge < -0.3 is 9.64 Å². The second-order valence-corrected chi connectivity index (χ2v) is 5.89. The second-order valence-electron chi connectivity index (χ2n) is 4.78. The highest BCUT2D eigenvalue weighted by molar-refractivity contribution is 9.10. The molecular weight excluding hydrogens is 318 g/mol. The highest BCUT2D eigenvalue weighted by Crippen LogP contribution is 2.31. The van der Waals surface area contributed by atoms with Gasteiger partial charge in [-0.3, -0.25) is 4.79 Å². The van der Waals surface area contributed by atoms with Crippen LogP contribution in [0.1, 0.15) is 31.4 Å². The summed E-state index contributed by atoms with van der Waals surface area (Å²) in [4.78, 5) is 14.0. The van der Waals surface area contributed by atoms with Crippen LogP contribution in [0.3, 0.4) is 0 Å². The first-order chi connectivity index (χ1) is 9.58. The highest BCUT2D eigenvalue weighted by Gasteiger charge is 2.28. The number of hydrogen-bond acceptors (Lipinski definition) is 2. The number of carbonyl (C=O) groups excluding carboxylic acids is 1. The van der Waals surface area contributed by atoms with Crippen molar-refractivity contribution in [3.63, 3.8) is 0 Å². The zero-order valence-electron chi connectivity index (χ0n) is 12.1. The van der Waals surface area contributed by atoms with E-state index in [0.717, 1.165) is 29.0 Å². The van der Waals surface area contributed by atoms with E-state index in [9.17, 15) is 4.79 Å². The van der Waals surface area contributed by atoms with Gasteiger partial charge >= 0.3 is 0 Å². The van der Waals surface area contributed by atoms with Gasteiger partial charge in [-0.1, -0.05) is 22.0 Å². The third-order valence-electron chi connectivity index (χ3n) is 3.44. The van der Waals surface area contributed by atoms with Crippen LogP contribution in [0.25, 0.3) is 5.70 Å². The van der Waals surface area contributed by atoms with Gasteiger partial charge in [-0.05, 0) is 51.0 Å². The molecule has 0 aliphatic carbocycles. The van der Waals surface area contributed by atoms with Crippen LogP contribution in [0.2, 0.25) is 0 Å². The molecule has 0 aromatic heterocycles. The summed E-state index contributed by atoms with van der Waals surface area (Å²) >= 11 is 3.43. The van der Waals surface area contributed by atoms with Gasteiger partial charge in [0.1, 0.15) is 5.75 Å². The number of rotatable bonds is 4. The molecule has 1 amide bonds. The SMILES string of the molecule is CCOc1ccc(C2=CCC(Br)C(=O)N2CC)c(C)c1. The predicted molar refractivity (Wildman–Crippen MR) is 85.0 cm³/mol. The van der Waals surface area contributed by atoms with Gasteiger partial charge in [0.05, 0.1) is 11.4 Å². The van der Waals surface area contributed by atoms with E-state index in [2.05, 4.69) is 28.9 Å². The van der Waals surface area contributed by atoms with Crippen molar-refractivity contribution in [3.05, 3.63) is 35.4 Å². The number of nitrogens with zero attached hydrogens (tertiary/aromatic N) is 1. The van der Waals surface area contributed by atoms with E-state index in [1.165, 1.54) is 0 Å². The minimum Gasteiger partial charge on any atom is -0.494 e. The number of amides is 1. The molecule has 1 aromatic carbocycles. The van der Waals surface area contributed by atoms with Gasteiger partial charge in [0.2, 0.25) is 5.91 Å². The molecule has 1 heterocycles. The molecule has 0 saturated carbocycles. The summed E-state index contributed by atoms with van der Waals surface area (Å²) in [6, 6.07) is 6.03. The van der Waals surface area contributed by atoms with E-state index >= 15 is 0 Å². The van der Waals surface area contributed by atoms with Crippen LogP contribution >= 0.6 is 15.9 Å². The number of carbonyl (C=O) groups is 1. The molecule has 3 nitrogen and oxygen atoms in total. The molecule has 1 aromatic rings. The highest BCUT2D eigenvalue weighted by atomic mass is 79.9. The smallest absolute Gasteiger partial charge is 0.241 e. The summed E-state index contributed by atoms with van der Waals surface area (Å²) < 4.78 is 5.51. The Hall–Kier alpha value is -1.29. The number of hydrogen-bond donors (Lipinski definition) is 0. The Morgan fingerprint density at radius 1 is 1.40 bits per heavy atom. The van der Waals surface area contributed by atoms with Crippen LogP contribution in [0.4, 0.5) is 0 Å². The summed E-state index contributed by atoms with van der Waals surface area (Å²) in [6.45, 7) is 7.37. The Morgan fingerprint density at radius 2 is 2.15 bits per heavy atom. The average molecular weight is 338 g/mol. The molecule has 1 atom stereocenters. The van der Waals surface area contributed by atoms with Gasteiger partial charge in [-0.15, -0.1) is 0 Å². The van der Waals surface area contributed by atoms with E-state index in [0.29, 0.717) is 13.2 Å². The number of benzene rings is 1. The van der Waals surface area contributed by atoms with E-state index in [1.54, 1.807) is 0 Å². The van der Waals surface area contributed by atoms with Crippen LogP contribution < -0.4 is 4.74 Å². The Bertz CT molecular complexity index is 539. The minimum atomic E-state index is -0.103. The Balaban J connectivity index is 2.37. The maximum Gasteiger partial charge on any atom is 0.241 e. The standard InChI is InChI=1S/C16H20BrNO2/c1-4-18-15(9-8-14(17)16(18)19)13-7-6-12(20-5-2)10-11(13)3/h6-7,9-10,14H,4-5,8H2,1-3H3. The normalized spacial score (nSPS) is 19.0. The second kappa shape index (κ2) is 6.44. The molecule has 0 radical (unpaired) electrons. The first kappa shape index (κ1) is 15.1. The molecule has 0 spiro atoms. The zero-order chi connectivity index (χ0) is 14.7. The lowest BCUT2D eigenvalue weighted by Crippen LogP contribution is -2.38. The Kier molecular flexibility index (Phi) is 4.86. The number of ether oxygens (including phenoxy) is 1. The number of aryl methyl sites for hydroxylation is 1. The van der Waals surface area contributed by atoms with Crippen LogP contribution in [-0.4, -0.2) is 28.8 Å². The first-order valence-electron chi connectivity index (χ1n) is 6.97. The summed E-state index contributed by atoms with van der Waals surface area (Å²) in [5.41, 5.74) is 3.23. The van der Waals surface area contributed by atoms with Gasteiger partial charge in [-0.2, -0.15) is 0 Å². The van der Waals surface area contributed by atoms with E-state index in [4.69, 9.17) is 4.74 Å². The maximum absolute atomic E-state index is 12.2. The van der Waals surface area contributed by atoms with Gasteiger partial charge in [0.15, 0.2) is 0 Å². The minimum absolute atomic E-state index is 0.103. The lowest BCUT2D eigenvalue weighted by molar-refractivity contribution is -0.127. The fraction of sp³-hybridized carbons (Fsp3) is 0.438. The average Bonchev–Trinajstić information content (AvgIpc) is 2.43. The molecule has 2 rings (SSSR count).